The summed E-state index contributed by atoms with van der Waals surface area (Å²) >= 11 is 0. The molecule has 2 unspecified atom stereocenters. The van der Waals surface area contributed by atoms with Crippen molar-refractivity contribution < 1.29 is 66.8 Å². The highest BCUT2D eigenvalue weighted by Crippen LogP contribution is 2.36. The third-order valence-electron chi connectivity index (χ3n) is 15.6. The van der Waals surface area contributed by atoms with E-state index < -0.39 is 111 Å². The molecule has 0 aliphatic rings. The predicted molar refractivity (Wildman–Crippen MR) is 384 cm³/mol. The number of carbonyl (C=O) groups is 9. The molecule has 96 heavy (non-hydrogen) atoms. The largest absolute Gasteiger partial charge is 0.463 e. The summed E-state index contributed by atoms with van der Waals surface area (Å²) in [5, 5.41) is 8.64. The van der Waals surface area contributed by atoms with Crippen molar-refractivity contribution in [3.63, 3.8) is 0 Å². The molecule has 5 N–H and O–H groups in total. The van der Waals surface area contributed by atoms with Gasteiger partial charge in [-0.3, -0.25) is 34.3 Å². The van der Waals surface area contributed by atoms with Crippen molar-refractivity contribution in [2.75, 3.05) is 59.1 Å². The van der Waals surface area contributed by atoms with E-state index in [0.717, 1.165) is 5.56 Å². The van der Waals surface area contributed by atoms with Crippen LogP contribution < -0.4 is 21.7 Å². The maximum atomic E-state index is 14.6. The number of rotatable bonds is 25. The molecular formula is C74H124N8O14. The molecule has 0 aliphatic heterocycles. The quantitative estimate of drug-likeness (QED) is 0.0236. The van der Waals surface area contributed by atoms with Crippen LogP contribution in [0.3, 0.4) is 0 Å². The number of ether oxygens (including phenoxy) is 5. The van der Waals surface area contributed by atoms with E-state index in [-0.39, 0.29) is 58.3 Å². The zero-order valence-electron chi connectivity index (χ0n) is 61.9. The van der Waals surface area contributed by atoms with Gasteiger partial charge in [0.25, 0.3) is 0 Å². The lowest BCUT2D eigenvalue weighted by Crippen LogP contribution is -2.63. The maximum absolute atomic E-state index is 14.6. The van der Waals surface area contributed by atoms with E-state index in [9.17, 15) is 43.2 Å². The maximum Gasteiger partial charge on any atom is 0.411 e. The third-order valence-corrected chi connectivity index (χ3v) is 15.6. The van der Waals surface area contributed by atoms with Crippen molar-refractivity contribution in [3.05, 3.63) is 95.6 Å². The Labute approximate surface area is 576 Å². The summed E-state index contributed by atoms with van der Waals surface area (Å²) in [6, 6.07) is 8.85. The van der Waals surface area contributed by atoms with Gasteiger partial charge in [-0.05, 0) is 127 Å². The van der Waals surface area contributed by atoms with Crippen LogP contribution in [0, 0.1) is 22.7 Å². The minimum Gasteiger partial charge on any atom is -0.463 e. The van der Waals surface area contributed by atoms with Gasteiger partial charge in [-0.2, -0.15) is 0 Å². The standard InChI is InChI=1S/C38H60N4O8.C34H56N4O6.2CH4/c1-16-21-49-34(46)39-27-20-18-19-26(23-27)38(12,13)30(42(15)35(47)50-37(9,10)11)31(43)40-29(36(6,7)8)32(44)41(14)28(24(3)4)22-25(5)33(45)48-17-2;1-15-43-30(41)22(4)19-25(21(2)3)37(13)29(40)26(32(5,6)7)36-28(39)27(38(14)31(42)44-33(8,9)10)34(11,12)23-17-16-18-24(35)20-23;;/h16,18-20,22-24,28-30H,1,17,21H2,2-15H3,(H,39,46)(H,40,43);16-21,25-27H,15,35H2,1-14H3,(H,36,39);2*1H4/b25-22+;22-19+;;/t28-,29-,30?;25-,26-,27?;;/m11../s1. The summed E-state index contributed by atoms with van der Waals surface area (Å²) in [7, 11) is 6.30. The van der Waals surface area contributed by atoms with Gasteiger partial charge in [0.1, 0.15) is 42.0 Å². The monoisotopic (exact) mass is 1350 g/mol. The van der Waals surface area contributed by atoms with Crippen LogP contribution in [-0.2, 0) is 63.3 Å². The number of nitrogens with one attached hydrogen (secondary N) is 3. The predicted octanol–water partition coefficient (Wildman–Crippen LogP) is 13.0. The number of benzene rings is 2. The molecule has 0 heterocycles. The van der Waals surface area contributed by atoms with Gasteiger partial charge in [-0.1, -0.05) is 161 Å². The third kappa shape index (κ3) is 26.9. The van der Waals surface area contributed by atoms with E-state index >= 15 is 0 Å². The molecule has 0 aliphatic carbocycles. The highest BCUT2D eigenvalue weighted by atomic mass is 16.6. The smallest absolute Gasteiger partial charge is 0.411 e. The Kier molecular flexibility index (Phi) is 35.3. The Morgan fingerprint density at radius 3 is 1.18 bits per heavy atom. The molecule has 0 radical (unpaired) electrons. The normalized spacial score (nSPS) is 14.1. The summed E-state index contributed by atoms with van der Waals surface area (Å²) < 4.78 is 26.6. The van der Waals surface area contributed by atoms with E-state index in [1.165, 1.54) is 34.9 Å². The number of likely N-dealkylation sites (N-methyl/N-ethyl adjacent to an activating group) is 4. The van der Waals surface area contributed by atoms with E-state index in [1.807, 2.05) is 89.2 Å². The molecule has 2 aromatic rings. The molecule has 2 aromatic carbocycles. The molecule has 0 fully saturated rings. The lowest BCUT2D eigenvalue weighted by molar-refractivity contribution is -0.142. The number of nitrogen functional groups attached to an aromatic ring is 1. The second-order valence-electron chi connectivity index (χ2n) is 29.8. The molecule has 6 atom stereocenters. The van der Waals surface area contributed by atoms with E-state index in [4.69, 9.17) is 29.4 Å². The zero-order valence-corrected chi connectivity index (χ0v) is 61.9. The molecule has 0 spiro atoms. The minimum absolute atomic E-state index is 0. The van der Waals surface area contributed by atoms with E-state index in [1.54, 1.807) is 157 Å². The summed E-state index contributed by atoms with van der Waals surface area (Å²) in [4.78, 5) is 127. The van der Waals surface area contributed by atoms with Crippen LogP contribution >= 0.6 is 0 Å². The van der Waals surface area contributed by atoms with Crippen molar-refractivity contribution in [2.24, 2.45) is 22.7 Å². The van der Waals surface area contributed by atoms with Crippen LogP contribution in [0.25, 0.3) is 0 Å². The van der Waals surface area contributed by atoms with Crippen molar-refractivity contribution in [2.45, 2.75) is 239 Å². The van der Waals surface area contributed by atoms with Gasteiger partial charge in [0.15, 0.2) is 0 Å². The van der Waals surface area contributed by atoms with Gasteiger partial charge in [-0.15, -0.1) is 0 Å². The number of esters is 2. The van der Waals surface area contributed by atoms with Crippen LogP contribution in [0.5, 0.6) is 0 Å². The number of nitrogens with zero attached hydrogens (tertiary/aromatic N) is 4. The first kappa shape index (κ1) is 90.1. The highest BCUT2D eigenvalue weighted by molar-refractivity contribution is 5.95. The molecule has 7 amide bonds. The average molecular weight is 1350 g/mol. The van der Waals surface area contributed by atoms with Crippen molar-refractivity contribution in [1.29, 1.82) is 0 Å². The number of carbonyl (C=O) groups excluding carboxylic acids is 9. The summed E-state index contributed by atoms with van der Waals surface area (Å²) in [6.07, 6.45) is 2.80. The number of amides is 7. The van der Waals surface area contributed by atoms with Crippen LogP contribution in [0.15, 0.2) is 84.5 Å². The van der Waals surface area contributed by atoms with Crippen molar-refractivity contribution in [1.82, 2.24) is 30.2 Å². The van der Waals surface area contributed by atoms with Gasteiger partial charge in [0.05, 0.1) is 25.3 Å². The van der Waals surface area contributed by atoms with Crippen LogP contribution in [-0.4, -0.2) is 169 Å². The highest BCUT2D eigenvalue weighted by Gasteiger charge is 2.48. The fraction of sp³-hybridized carbons (Fsp3) is 0.635. The zero-order chi connectivity index (χ0) is 73.1. The van der Waals surface area contributed by atoms with Gasteiger partial charge in [0.2, 0.25) is 23.6 Å². The van der Waals surface area contributed by atoms with Crippen molar-refractivity contribution >= 4 is 65.2 Å². The number of anilines is 2. The second-order valence-corrected chi connectivity index (χ2v) is 29.8. The Morgan fingerprint density at radius 2 is 0.875 bits per heavy atom. The molecule has 22 nitrogen and oxygen atoms in total. The van der Waals surface area contributed by atoms with Crippen LogP contribution in [0.2, 0.25) is 0 Å². The summed E-state index contributed by atoms with van der Waals surface area (Å²) in [5.41, 5.74) is 4.00. The molecule has 544 valence electrons. The average Bonchev–Trinajstić information content (AvgIpc) is 0.807. The molecule has 0 bridgehead atoms. The minimum atomic E-state index is -1.19. The topological polar surface area (TPSA) is 275 Å². The van der Waals surface area contributed by atoms with Crippen LogP contribution in [0.4, 0.5) is 25.8 Å². The first-order valence-corrected chi connectivity index (χ1v) is 32.1. The Morgan fingerprint density at radius 1 is 0.531 bits per heavy atom. The first-order chi connectivity index (χ1) is 42.8. The lowest BCUT2D eigenvalue weighted by atomic mass is 9.76. The van der Waals surface area contributed by atoms with Gasteiger partial charge < -0.3 is 49.9 Å². The van der Waals surface area contributed by atoms with Gasteiger partial charge in [0, 0.05) is 61.5 Å². The fourth-order valence-corrected chi connectivity index (χ4v) is 10.5. The fourth-order valence-electron chi connectivity index (χ4n) is 10.5. The number of nitrogens with two attached hydrogens (primary N) is 1. The molecule has 0 saturated carbocycles. The van der Waals surface area contributed by atoms with Crippen LogP contribution in [0.1, 0.15) is 192 Å². The lowest BCUT2D eigenvalue weighted by Gasteiger charge is -2.42. The van der Waals surface area contributed by atoms with Gasteiger partial charge in [-0.25, -0.2) is 24.0 Å². The van der Waals surface area contributed by atoms with E-state index in [0.29, 0.717) is 28.1 Å². The molecule has 0 aromatic heterocycles. The van der Waals surface area contributed by atoms with Gasteiger partial charge >= 0.3 is 30.2 Å². The van der Waals surface area contributed by atoms with E-state index in [2.05, 4.69) is 22.5 Å². The molecule has 0 saturated heterocycles. The molecule has 22 heteroatoms. The first-order valence-electron chi connectivity index (χ1n) is 32.1. The number of hydrogen-bond donors (Lipinski definition) is 4. The number of hydrogen-bond acceptors (Lipinski definition) is 15. The Bertz CT molecular complexity index is 3010. The molecule has 2 rings (SSSR count). The molecular weight excluding hydrogens is 1220 g/mol. The van der Waals surface area contributed by atoms with Crippen molar-refractivity contribution in [3.8, 4) is 0 Å². The Balaban J connectivity index is 0. The second kappa shape index (κ2) is 37.6. The SMILES string of the molecule is C.C.C=CCOC(=O)Nc1cccc(C(C)(C)C(C(=O)N[C@H](C(=O)N(C)[C@H](/C=C(\C)C(=O)OCC)C(C)C)C(C)(C)C)N(C)C(=O)OC(C)(C)C)c1.CCOC(=O)/C(C)=C/[C@H](C(C)C)N(C)C(=O)[C@@H](NC(=O)C(N(C)C(=O)OC(C)(C)C)C(C)(C)c1cccc(N)c1)C(C)(C)C. The summed E-state index contributed by atoms with van der Waals surface area (Å²) in [5.74, 6) is -2.86. The summed E-state index contributed by atoms with van der Waals surface area (Å²) in [6.45, 7) is 47.4. The Hall–Kier alpha value is -7.91.